The van der Waals surface area contributed by atoms with Crippen molar-refractivity contribution >= 4 is 27.3 Å². The highest BCUT2D eigenvalue weighted by Crippen LogP contribution is 2.31. The number of carbonyl (C=O) groups is 1. The summed E-state index contributed by atoms with van der Waals surface area (Å²) in [6.07, 6.45) is 4.88. The molecule has 0 bridgehead atoms. The molecule has 1 fully saturated rings. The van der Waals surface area contributed by atoms with E-state index in [0.29, 0.717) is 18.8 Å². The van der Waals surface area contributed by atoms with Gasteiger partial charge in [-0.15, -0.1) is 0 Å². The van der Waals surface area contributed by atoms with Crippen molar-refractivity contribution < 1.29 is 13.2 Å². The Morgan fingerprint density at radius 3 is 2.31 bits per heavy atom. The molecule has 7 nitrogen and oxygen atoms in total. The maximum absolute atomic E-state index is 13.2. The second-order valence-electron chi connectivity index (χ2n) is 9.59. The summed E-state index contributed by atoms with van der Waals surface area (Å²) in [6.45, 7) is 7.96. The maximum Gasteiger partial charge on any atom is 0.243 e. The number of amides is 1. The molecule has 1 N–H and O–H groups in total. The van der Waals surface area contributed by atoms with E-state index >= 15 is 0 Å². The van der Waals surface area contributed by atoms with E-state index in [4.69, 9.17) is 0 Å². The predicted octanol–water partition coefficient (Wildman–Crippen LogP) is 3.53. The zero-order chi connectivity index (χ0) is 25.0. The van der Waals surface area contributed by atoms with Crippen LogP contribution in [0.1, 0.15) is 43.4 Å². The van der Waals surface area contributed by atoms with Crippen molar-refractivity contribution in [2.75, 3.05) is 56.5 Å². The van der Waals surface area contributed by atoms with Gasteiger partial charge in [0, 0.05) is 39.3 Å². The first-order valence-corrected chi connectivity index (χ1v) is 14.2. The smallest absolute Gasteiger partial charge is 0.243 e. The van der Waals surface area contributed by atoms with Gasteiger partial charge in [-0.25, -0.2) is 8.42 Å². The predicted molar refractivity (Wildman–Crippen MR) is 142 cm³/mol. The Labute approximate surface area is 210 Å². The molecule has 2 aliphatic rings. The number of rotatable bonds is 8. The SMILES string of the molecule is CCN(CC)S(=O)(=O)c1ccc(N2CCN(C)CC2)c(NC(=O)Cc2ccc3c(c2)CCCC3)c1. The van der Waals surface area contributed by atoms with Crippen LogP contribution in [0.4, 0.5) is 11.4 Å². The van der Waals surface area contributed by atoms with Crippen LogP contribution in [0.15, 0.2) is 41.3 Å². The summed E-state index contributed by atoms with van der Waals surface area (Å²) < 4.78 is 27.8. The molecule has 0 spiro atoms. The average molecular weight is 499 g/mol. The lowest BCUT2D eigenvalue weighted by Crippen LogP contribution is -2.44. The van der Waals surface area contributed by atoms with Crippen LogP contribution in [0, 0.1) is 0 Å². The zero-order valence-electron chi connectivity index (χ0n) is 21.2. The monoisotopic (exact) mass is 498 g/mol. The van der Waals surface area contributed by atoms with E-state index in [1.165, 1.54) is 28.3 Å². The number of anilines is 2. The number of hydrogen-bond donors (Lipinski definition) is 1. The Morgan fingerprint density at radius 2 is 1.63 bits per heavy atom. The normalized spacial score (nSPS) is 16.9. The van der Waals surface area contributed by atoms with E-state index in [9.17, 15) is 13.2 Å². The minimum atomic E-state index is -3.63. The lowest BCUT2D eigenvalue weighted by atomic mass is 9.90. The van der Waals surface area contributed by atoms with E-state index in [0.717, 1.165) is 50.3 Å². The fourth-order valence-electron chi connectivity index (χ4n) is 5.09. The molecule has 190 valence electrons. The third kappa shape index (κ3) is 5.88. The maximum atomic E-state index is 13.2. The quantitative estimate of drug-likeness (QED) is 0.603. The summed E-state index contributed by atoms with van der Waals surface area (Å²) in [6, 6.07) is 11.5. The molecule has 0 atom stereocenters. The lowest BCUT2D eigenvalue weighted by Gasteiger charge is -2.35. The average Bonchev–Trinajstić information content (AvgIpc) is 2.85. The highest BCUT2D eigenvalue weighted by atomic mass is 32.2. The Hall–Kier alpha value is -2.42. The van der Waals surface area contributed by atoms with Gasteiger partial charge >= 0.3 is 0 Å². The van der Waals surface area contributed by atoms with Gasteiger partial charge in [0.2, 0.25) is 15.9 Å². The van der Waals surface area contributed by atoms with Crippen molar-refractivity contribution in [2.45, 2.75) is 50.8 Å². The number of likely N-dealkylation sites (N-methyl/N-ethyl adjacent to an activating group) is 1. The minimum Gasteiger partial charge on any atom is -0.367 e. The number of aryl methyl sites for hydroxylation is 2. The van der Waals surface area contributed by atoms with Gasteiger partial charge in [-0.05, 0) is 67.6 Å². The first kappa shape index (κ1) is 25.7. The minimum absolute atomic E-state index is 0.131. The molecule has 1 aliphatic carbocycles. The van der Waals surface area contributed by atoms with E-state index in [1.54, 1.807) is 12.1 Å². The summed E-state index contributed by atoms with van der Waals surface area (Å²) in [4.78, 5) is 17.9. The lowest BCUT2D eigenvalue weighted by molar-refractivity contribution is -0.115. The van der Waals surface area contributed by atoms with Gasteiger partial charge in [0.1, 0.15) is 0 Å². The number of nitrogens with one attached hydrogen (secondary N) is 1. The molecule has 1 aliphatic heterocycles. The van der Waals surface area contributed by atoms with E-state index in [-0.39, 0.29) is 17.2 Å². The van der Waals surface area contributed by atoms with Crippen LogP contribution >= 0.6 is 0 Å². The highest BCUT2D eigenvalue weighted by Gasteiger charge is 2.25. The Morgan fingerprint density at radius 1 is 0.943 bits per heavy atom. The molecule has 2 aromatic carbocycles. The fraction of sp³-hybridized carbons (Fsp3) is 0.519. The Kier molecular flexibility index (Phi) is 8.14. The first-order valence-electron chi connectivity index (χ1n) is 12.8. The molecule has 8 heteroatoms. The van der Waals surface area contributed by atoms with Crippen molar-refractivity contribution in [1.29, 1.82) is 0 Å². The van der Waals surface area contributed by atoms with Crippen LogP contribution in [0.3, 0.4) is 0 Å². The molecule has 2 aromatic rings. The van der Waals surface area contributed by atoms with Gasteiger partial charge in [0.15, 0.2) is 0 Å². The summed E-state index contributed by atoms with van der Waals surface area (Å²) >= 11 is 0. The number of piperazine rings is 1. The van der Waals surface area contributed by atoms with E-state index < -0.39 is 10.0 Å². The topological polar surface area (TPSA) is 73.0 Å². The molecule has 1 heterocycles. The molecule has 0 aromatic heterocycles. The van der Waals surface area contributed by atoms with Crippen molar-refractivity contribution in [3.63, 3.8) is 0 Å². The molecule has 0 radical (unpaired) electrons. The number of fused-ring (bicyclic) bond motifs is 1. The molecule has 35 heavy (non-hydrogen) atoms. The third-order valence-corrected chi connectivity index (χ3v) is 9.25. The molecular formula is C27H38N4O3S. The Balaban J connectivity index is 1.60. The summed E-state index contributed by atoms with van der Waals surface area (Å²) in [7, 11) is -1.53. The second-order valence-corrected chi connectivity index (χ2v) is 11.5. The molecule has 0 unspecified atom stereocenters. The second kappa shape index (κ2) is 11.1. The standard InChI is InChI=1S/C27H38N4O3S/c1-4-31(5-2)35(33,34)24-12-13-26(30-16-14-29(3)15-17-30)25(20-24)28-27(32)19-21-10-11-22-8-6-7-9-23(22)18-21/h10-13,18,20H,4-9,14-17,19H2,1-3H3,(H,28,32). The molecule has 4 rings (SSSR count). The highest BCUT2D eigenvalue weighted by molar-refractivity contribution is 7.89. The summed E-state index contributed by atoms with van der Waals surface area (Å²) in [5.74, 6) is -0.131. The summed E-state index contributed by atoms with van der Waals surface area (Å²) in [5, 5.41) is 3.06. The van der Waals surface area contributed by atoms with Gasteiger partial charge in [-0.2, -0.15) is 4.31 Å². The number of hydrogen-bond acceptors (Lipinski definition) is 5. The van der Waals surface area contributed by atoms with Gasteiger partial charge in [-0.3, -0.25) is 4.79 Å². The number of carbonyl (C=O) groups excluding carboxylic acids is 1. The fourth-order valence-corrected chi connectivity index (χ4v) is 6.57. The van der Waals surface area contributed by atoms with E-state index in [2.05, 4.69) is 34.3 Å². The molecule has 1 amide bonds. The molecule has 1 saturated heterocycles. The van der Waals surface area contributed by atoms with Gasteiger partial charge in [-0.1, -0.05) is 32.0 Å². The van der Waals surface area contributed by atoms with Crippen LogP contribution < -0.4 is 10.2 Å². The van der Waals surface area contributed by atoms with Crippen molar-refractivity contribution in [2.24, 2.45) is 0 Å². The van der Waals surface area contributed by atoms with Crippen LogP contribution in [-0.4, -0.2) is 69.8 Å². The number of nitrogens with zero attached hydrogens (tertiary/aromatic N) is 3. The summed E-state index contributed by atoms with van der Waals surface area (Å²) in [5.41, 5.74) is 5.18. The van der Waals surface area contributed by atoms with Crippen LogP contribution in [0.5, 0.6) is 0 Å². The van der Waals surface area contributed by atoms with Crippen molar-refractivity contribution in [3.05, 3.63) is 53.1 Å². The van der Waals surface area contributed by atoms with Crippen molar-refractivity contribution in [1.82, 2.24) is 9.21 Å². The van der Waals surface area contributed by atoms with Crippen LogP contribution in [0.2, 0.25) is 0 Å². The van der Waals surface area contributed by atoms with E-state index in [1.807, 2.05) is 26.0 Å². The molecule has 0 saturated carbocycles. The Bertz CT molecular complexity index is 1150. The first-order chi connectivity index (χ1) is 16.8. The van der Waals surface area contributed by atoms with Gasteiger partial charge in [0.05, 0.1) is 22.7 Å². The largest absolute Gasteiger partial charge is 0.367 e. The van der Waals surface area contributed by atoms with Gasteiger partial charge < -0.3 is 15.1 Å². The van der Waals surface area contributed by atoms with Crippen LogP contribution in [-0.2, 0) is 34.1 Å². The van der Waals surface area contributed by atoms with Crippen LogP contribution in [0.25, 0.3) is 0 Å². The number of benzene rings is 2. The number of sulfonamides is 1. The molecular weight excluding hydrogens is 460 g/mol. The van der Waals surface area contributed by atoms with Gasteiger partial charge in [0.25, 0.3) is 0 Å². The van der Waals surface area contributed by atoms with Crippen molar-refractivity contribution in [3.8, 4) is 0 Å². The zero-order valence-corrected chi connectivity index (χ0v) is 22.0. The third-order valence-electron chi connectivity index (χ3n) is 7.21.